The van der Waals surface area contributed by atoms with Crippen LogP contribution in [0.15, 0.2) is 48.5 Å². The number of hydrogen-bond donors (Lipinski definition) is 1. The Morgan fingerprint density at radius 1 is 0.963 bits per heavy atom. The van der Waals surface area contributed by atoms with Crippen LogP contribution in [0.25, 0.3) is 0 Å². The van der Waals surface area contributed by atoms with Gasteiger partial charge in [0.25, 0.3) is 5.91 Å². The average molecular weight is 371 g/mol. The number of piperazine rings is 1. The van der Waals surface area contributed by atoms with E-state index in [0.717, 1.165) is 5.56 Å². The second-order valence-corrected chi connectivity index (χ2v) is 6.41. The van der Waals surface area contributed by atoms with Crippen LogP contribution in [-0.2, 0) is 4.79 Å². The van der Waals surface area contributed by atoms with Crippen LogP contribution in [0, 0.1) is 12.7 Å². The predicted octanol–water partition coefficient (Wildman–Crippen LogP) is 2.89. The Hall–Kier alpha value is -3.09. The Bertz CT molecular complexity index is 785. The molecule has 3 amide bonds. The molecule has 1 heterocycles. The minimum absolute atomic E-state index is 0.0230. The molecule has 142 valence electrons. The molecule has 0 atom stereocenters. The van der Waals surface area contributed by atoms with Crippen molar-refractivity contribution in [1.82, 2.24) is 9.80 Å². The van der Waals surface area contributed by atoms with Crippen LogP contribution in [0.1, 0.15) is 5.56 Å². The molecular formula is C20H22FN3O3. The number of hydrogen-bond acceptors (Lipinski definition) is 3. The maximum Gasteiger partial charge on any atom is 0.321 e. The highest BCUT2D eigenvalue weighted by molar-refractivity contribution is 5.89. The molecule has 0 spiro atoms. The zero-order chi connectivity index (χ0) is 19.2. The molecule has 0 unspecified atom stereocenters. The lowest BCUT2D eigenvalue weighted by Gasteiger charge is -2.34. The average Bonchev–Trinajstić information content (AvgIpc) is 2.69. The molecule has 27 heavy (non-hydrogen) atoms. The predicted molar refractivity (Wildman–Crippen MR) is 100 cm³/mol. The Balaban J connectivity index is 1.43. The van der Waals surface area contributed by atoms with Crippen molar-refractivity contribution in [3.05, 3.63) is 59.9 Å². The maximum absolute atomic E-state index is 12.9. The monoisotopic (exact) mass is 371 g/mol. The van der Waals surface area contributed by atoms with E-state index in [1.54, 1.807) is 9.80 Å². The van der Waals surface area contributed by atoms with Crippen molar-refractivity contribution in [2.75, 3.05) is 38.1 Å². The summed E-state index contributed by atoms with van der Waals surface area (Å²) in [5, 5.41) is 2.73. The third-order valence-corrected chi connectivity index (χ3v) is 4.40. The highest BCUT2D eigenvalue weighted by Gasteiger charge is 2.24. The van der Waals surface area contributed by atoms with Crippen molar-refractivity contribution in [2.45, 2.75) is 6.92 Å². The number of carbonyl (C=O) groups is 2. The molecule has 0 saturated carbocycles. The quantitative estimate of drug-likeness (QED) is 0.899. The normalized spacial score (nSPS) is 14.0. The fourth-order valence-electron chi connectivity index (χ4n) is 2.77. The number of rotatable bonds is 4. The van der Waals surface area contributed by atoms with E-state index in [2.05, 4.69) is 5.32 Å². The molecule has 0 aliphatic carbocycles. The molecule has 1 N–H and O–H groups in total. The standard InChI is InChI=1S/C20H22FN3O3/c1-15-2-8-18(9-3-15)27-14-19(25)23-10-12-24(13-11-23)20(26)22-17-6-4-16(21)5-7-17/h2-9H,10-14H2,1H3,(H,22,26). The van der Waals surface area contributed by atoms with E-state index < -0.39 is 0 Å². The molecule has 1 saturated heterocycles. The minimum Gasteiger partial charge on any atom is -0.484 e. The van der Waals surface area contributed by atoms with Gasteiger partial charge in [-0.3, -0.25) is 4.79 Å². The third kappa shape index (κ3) is 5.20. The second-order valence-electron chi connectivity index (χ2n) is 6.41. The van der Waals surface area contributed by atoms with Gasteiger partial charge in [-0.2, -0.15) is 0 Å². The highest BCUT2D eigenvalue weighted by atomic mass is 19.1. The summed E-state index contributed by atoms with van der Waals surface area (Å²) in [5.74, 6) is 0.202. The van der Waals surface area contributed by atoms with Crippen molar-refractivity contribution >= 4 is 17.6 Å². The number of nitrogens with one attached hydrogen (secondary N) is 1. The lowest BCUT2D eigenvalue weighted by Crippen LogP contribution is -2.52. The Morgan fingerprint density at radius 2 is 1.56 bits per heavy atom. The molecule has 0 radical (unpaired) electrons. The van der Waals surface area contributed by atoms with E-state index in [-0.39, 0.29) is 24.4 Å². The topological polar surface area (TPSA) is 61.9 Å². The zero-order valence-electron chi connectivity index (χ0n) is 15.2. The van der Waals surface area contributed by atoms with Gasteiger partial charge in [0.2, 0.25) is 0 Å². The summed E-state index contributed by atoms with van der Waals surface area (Å²) in [5.41, 5.74) is 1.66. The summed E-state index contributed by atoms with van der Waals surface area (Å²) >= 11 is 0. The SMILES string of the molecule is Cc1ccc(OCC(=O)N2CCN(C(=O)Nc3ccc(F)cc3)CC2)cc1. The van der Waals surface area contributed by atoms with Gasteiger partial charge >= 0.3 is 6.03 Å². The molecule has 1 aliphatic heterocycles. The molecule has 6 nitrogen and oxygen atoms in total. The number of ether oxygens (including phenoxy) is 1. The van der Waals surface area contributed by atoms with Crippen LogP contribution >= 0.6 is 0 Å². The fraction of sp³-hybridized carbons (Fsp3) is 0.300. The van der Waals surface area contributed by atoms with Crippen molar-refractivity contribution in [2.24, 2.45) is 0 Å². The smallest absolute Gasteiger partial charge is 0.321 e. The van der Waals surface area contributed by atoms with Crippen molar-refractivity contribution < 1.29 is 18.7 Å². The number of amides is 3. The summed E-state index contributed by atoms with van der Waals surface area (Å²) in [6.45, 7) is 3.73. The Morgan fingerprint density at radius 3 is 2.19 bits per heavy atom. The molecule has 0 aromatic heterocycles. The van der Waals surface area contributed by atoms with Crippen LogP contribution in [-0.4, -0.2) is 54.5 Å². The molecule has 1 fully saturated rings. The summed E-state index contributed by atoms with van der Waals surface area (Å²) < 4.78 is 18.4. The number of aryl methyl sites for hydroxylation is 1. The first-order valence-corrected chi connectivity index (χ1v) is 8.80. The Kier molecular flexibility index (Phi) is 5.90. The lowest BCUT2D eigenvalue weighted by molar-refractivity contribution is -0.134. The summed E-state index contributed by atoms with van der Waals surface area (Å²) in [4.78, 5) is 27.9. The first-order valence-electron chi connectivity index (χ1n) is 8.80. The van der Waals surface area contributed by atoms with Crippen LogP contribution in [0.3, 0.4) is 0 Å². The van der Waals surface area contributed by atoms with E-state index in [1.165, 1.54) is 24.3 Å². The zero-order valence-corrected chi connectivity index (χ0v) is 15.2. The van der Waals surface area contributed by atoms with Gasteiger partial charge in [0.15, 0.2) is 6.61 Å². The molecule has 3 rings (SSSR count). The van der Waals surface area contributed by atoms with Gasteiger partial charge in [-0.15, -0.1) is 0 Å². The number of nitrogens with zero attached hydrogens (tertiary/aromatic N) is 2. The second kappa shape index (κ2) is 8.53. The molecular weight excluding hydrogens is 349 g/mol. The number of carbonyl (C=O) groups excluding carboxylic acids is 2. The van der Waals surface area contributed by atoms with Gasteiger partial charge < -0.3 is 19.9 Å². The lowest BCUT2D eigenvalue weighted by atomic mass is 10.2. The maximum atomic E-state index is 12.9. The third-order valence-electron chi connectivity index (χ3n) is 4.40. The van der Waals surface area contributed by atoms with E-state index in [0.29, 0.717) is 37.6 Å². The van der Waals surface area contributed by atoms with Crippen molar-refractivity contribution in [3.8, 4) is 5.75 Å². The molecule has 2 aromatic rings. The number of urea groups is 1. The molecule has 7 heteroatoms. The van der Waals surface area contributed by atoms with Gasteiger partial charge in [-0.25, -0.2) is 9.18 Å². The van der Waals surface area contributed by atoms with Crippen LogP contribution in [0.5, 0.6) is 5.75 Å². The van der Waals surface area contributed by atoms with Gasteiger partial charge in [-0.05, 0) is 43.3 Å². The van der Waals surface area contributed by atoms with Crippen LogP contribution in [0.2, 0.25) is 0 Å². The van der Waals surface area contributed by atoms with Gasteiger partial charge in [-0.1, -0.05) is 17.7 Å². The number of anilines is 1. The van der Waals surface area contributed by atoms with Gasteiger partial charge in [0, 0.05) is 31.9 Å². The number of halogens is 1. The molecule has 2 aromatic carbocycles. The molecule has 0 bridgehead atoms. The van der Waals surface area contributed by atoms with E-state index in [9.17, 15) is 14.0 Å². The van der Waals surface area contributed by atoms with Crippen LogP contribution < -0.4 is 10.1 Å². The fourth-order valence-corrected chi connectivity index (χ4v) is 2.77. The molecule has 1 aliphatic rings. The van der Waals surface area contributed by atoms with Gasteiger partial charge in [0.1, 0.15) is 11.6 Å². The minimum atomic E-state index is -0.354. The highest BCUT2D eigenvalue weighted by Crippen LogP contribution is 2.13. The first kappa shape index (κ1) is 18.7. The Labute approximate surface area is 157 Å². The van der Waals surface area contributed by atoms with Crippen molar-refractivity contribution in [3.63, 3.8) is 0 Å². The van der Waals surface area contributed by atoms with E-state index in [4.69, 9.17) is 4.74 Å². The van der Waals surface area contributed by atoms with E-state index in [1.807, 2.05) is 31.2 Å². The van der Waals surface area contributed by atoms with Crippen molar-refractivity contribution in [1.29, 1.82) is 0 Å². The first-order chi connectivity index (χ1) is 13.0. The van der Waals surface area contributed by atoms with E-state index >= 15 is 0 Å². The van der Waals surface area contributed by atoms with Crippen LogP contribution in [0.4, 0.5) is 14.9 Å². The summed E-state index contributed by atoms with van der Waals surface area (Å²) in [6, 6.07) is 12.9. The van der Waals surface area contributed by atoms with Gasteiger partial charge in [0.05, 0.1) is 0 Å². The summed E-state index contributed by atoms with van der Waals surface area (Å²) in [7, 11) is 0. The summed E-state index contributed by atoms with van der Waals surface area (Å²) in [6.07, 6.45) is 0. The largest absolute Gasteiger partial charge is 0.484 e. The number of benzene rings is 2.